The first-order valence-corrected chi connectivity index (χ1v) is 7.36. The van der Waals surface area contributed by atoms with Crippen LogP contribution < -0.4 is 5.73 Å². The van der Waals surface area contributed by atoms with Crippen LogP contribution in [-0.2, 0) is 6.54 Å². The molecule has 3 aromatic heterocycles. The zero-order chi connectivity index (χ0) is 16.0. The van der Waals surface area contributed by atoms with Gasteiger partial charge < -0.3 is 10.8 Å². The van der Waals surface area contributed by atoms with Gasteiger partial charge in [-0.25, -0.2) is 4.98 Å². The Kier molecular flexibility index (Phi) is 3.02. The van der Waals surface area contributed by atoms with E-state index >= 15 is 0 Å². The van der Waals surface area contributed by atoms with E-state index in [1.54, 1.807) is 17.8 Å². The molecule has 23 heavy (non-hydrogen) atoms. The third-order valence-electron chi connectivity index (χ3n) is 3.80. The van der Waals surface area contributed by atoms with Crippen molar-refractivity contribution in [3.8, 4) is 11.3 Å². The quantitative estimate of drug-likeness (QED) is 0.536. The van der Waals surface area contributed by atoms with Crippen LogP contribution in [0, 0.1) is 0 Å². The van der Waals surface area contributed by atoms with Gasteiger partial charge in [-0.3, -0.25) is 9.78 Å². The molecular weight excluding hydrogens is 292 g/mol. The first-order valence-electron chi connectivity index (χ1n) is 7.36. The van der Waals surface area contributed by atoms with Gasteiger partial charge in [0, 0.05) is 28.7 Å². The highest BCUT2D eigenvalue weighted by Gasteiger charge is 2.12. The molecule has 0 aliphatic heterocycles. The fourth-order valence-electron chi connectivity index (χ4n) is 2.79. The lowest BCUT2D eigenvalue weighted by molar-refractivity contribution is 0.169. The molecule has 0 aliphatic carbocycles. The number of aromatic amines is 1. The van der Waals surface area contributed by atoms with Gasteiger partial charge in [-0.2, -0.15) is 10.2 Å². The highest BCUT2D eigenvalue weighted by atomic mass is 16.3. The first-order chi connectivity index (χ1) is 11.1. The lowest BCUT2D eigenvalue weighted by atomic mass is 10.1. The molecule has 1 aromatic carbocycles. The molecule has 4 rings (SSSR count). The van der Waals surface area contributed by atoms with E-state index in [1.807, 2.05) is 30.5 Å². The van der Waals surface area contributed by atoms with Crippen LogP contribution in [0.25, 0.3) is 33.1 Å². The van der Waals surface area contributed by atoms with Crippen molar-refractivity contribution in [1.29, 1.82) is 0 Å². The van der Waals surface area contributed by atoms with Gasteiger partial charge in [0.2, 0.25) is 0 Å². The van der Waals surface area contributed by atoms with E-state index < -0.39 is 6.10 Å². The Balaban J connectivity index is 1.92. The predicted octanol–water partition coefficient (Wildman–Crippen LogP) is 1.94. The molecule has 3 heterocycles. The van der Waals surface area contributed by atoms with Gasteiger partial charge in [0.15, 0.2) is 5.82 Å². The van der Waals surface area contributed by atoms with Crippen LogP contribution in [0.4, 0.5) is 5.82 Å². The van der Waals surface area contributed by atoms with Crippen molar-refractivity contribution in [3.05, 3.63) is 36.7 Å². The molecule has 4 N–H and O–H groups in total. The Hall–Kier alpha value is -2.93. The molecule has 0 saturated heterocycles. The molecule has 1 atom stereocenters. The number of aliphatic hydroxyl groups is 1. The van der Waals surface area contributed by atoms with Crippen molar-refractivity contribution >= 4 is 27.6 Å². The van der Waals surface area contributed by atoms with Gasteiger partial charge in [0.05, 0.1) is 23.9 Å². The Labute approximate surface area is 131 Å². The topological polar surface area (TPSA) is 106 Å². The van der Waals surface area contributed by atoms with Gasteiger partial charge in [0.1, 0.15) is 5.52 Å². The molecule has 4 aromatic rings. The molecule has 7 nitrogen and oxygen atoms in total. The summed E-state index contributed by atoms with van der Waals surface area (Å²) in [5.74, 6) is 0.388. The zero-order valence-corrected chi connectivity index (χ0v) is 12.6. The average Bonchev–Trinajstić information content (AvgIpc) is 3.15. The number of nitrogen functional groups attached to an aromatic ring is 1. The minimum absolute atomic E-state index is 0.388. The third-order valence-corrected chi connectivity index (χ3v) is 3.80. The van der Waals surface area contributed by atoms with Gasteiger partial charge in [-0.15, -0.1) is 0 Å². The molecule has 0 radical (unpaired) electrons. The molecule has 0 amide bonds. The summed E-state index contributed by atoms with van der Waals surface area (Å²) in [6.07, 6.45) is 3.14. The molecular formula is C16H16N6O. The molecule has 0 saturated carbocycles. The van der Waals surface area contributed by atoms with Gasteiger partial charge in [-0.1, -0.05) is 12.1 Å². The number of benzene rings is 1. The maximum absolute atomic E-state index is 9.54. The summed E-state index contributed by atoms with van der Waals surface area (Å²) in [5, 5.41) is 22.8. The normalized spacial score (nSPS) is 13.0. The number of nitrogens with zero attached hydrogens (tertiary/aromatic N) is 4. The maximum atomic E-state index is 9.54. The van der Waals surface area contributed by atoms with E-state index in [2.05, 4.69) is 20.3 Å². The number of nitrogens with one attached hydrogen (secondary N) is 1. The van der Waals surface area contributed by atoms with E-state index in [0.29, 0.717) is 17.9 Å². The summed E-state index contributed by atoms with van der Waals surface area (Å²) < 4.78 is 1.70. The standard InChI is InChI=1S/C16H16N6O/c1-9(23)7-22-8-12-11-3-2-10(13-4-5-18-20-13)6-14(11)19-16(17)15(12)21-22/h2-6,8-9,23H,7H2,1H3,(H2,17,19)(H,18,20). The molecule has 1 unspecified atom stereocenters. The summed E-state index contributed by atoms with van der Waals surface area (Å²) in [4.78, 5) is 4.47. The molecule has 0 spiro atoms. The Morgan fingerprint density at radius 1 is 1.30 bits per heavy atom. The fourth-order valence-corrected chi connectivity index (χ4v) is 2.79. The number of H-pyrrole nitrogens is 1. The summed E-state index contributed by atoms with van der Waals surface area (Å²) in [5.41, 5.74) is 9.46. The summed E-state index contributed by atoms with van der Waals surface area (Å²) in [6.45, 7) is 2.14. The number of hydrogen-bond acceptors (Lipinski definition) is 5. The first kappa shape index (κ1) is 13.7. The second-order valence-corrected chi connectivity index (χ2v) is 5.66. The minimum Gasteiger partial charge on any atom is -0.391 e. The maximum Gasteiger partial charge on any atom is 0.152 e. The molecule has 7 heteroatoms. The Morgan fingerprint density at radius 3 is 2.91 bits per heavy atom. The minimum atomic E-state index is -0.475. The fraction of sp³-hybridized carbons (Fsp3) is 0.188. The summed E-state index contributed by atoms with van der Waals surface area (Å²) in [7, 11) is 0. The monoisotopic (exact) mass is 308 g/mol. The van der Waals surface area contributed by atoms with Crippen LogP contribution in [0.15, 0.2) is 36.7 Å². The van der Waals surface area contributed by atoms with Gasteiger partial charge in [-0.05, 0) is 19.1 Å². The molecule has 0 aliphatic rings. The van der Waals surface area contributed by atoms with Crippen LogP contribution in [0.1, 0.15) is 6.92 Å². The van der Waals surface area contributed by atoms with Crippen LogP contribution in [0.2, 0.25) is 0 Å². The second kappa shape index (κ2) is 5.06. The van der Waals surface area contributed by atoms with Crippen LogP contribution in [0.3, 0.4) is 0 Å². The van der Waals surface area contributed by atoms with Crippen molar-refractivity contribution in [1.82, 2.24) is 25.0 Å². The number of anilines is 1. The van der Waals surface area contributed by atoms with E-state index in [4.69, 9.17) is 5.73 Å². The predicted molar refractivity (Wildman–Crippen MR) is 88.7 cm³/mol. The van der Waals surface area contributed by atoms with Crippen molar-refractivity contribution in [2.75, 3.05) is 5.73 Å². The zero-order valence-electron chi connectivity index (χ0n) is 12.6. The van der Waals surface area contributed by atoms with Crippen molar-refractivity contribution in [2.45, 2.75) is 19.6 Å². The Bertz CT molecular complexity index is 987. The summed E-state index contributed by atoms with van der Waals surface area (Å²) in [6, 6.07) is 7.90. The van der Waals surface area contributed by atoms with Gasteiger partial charge >= 0.3 is 0 Å². The van der Waals surface area contributed by atoms with Crippen LogP contribution in [0.5, 0.6) is 0 Å². The molecule has 0 fully saturated rings. The van der Waals surface area contributed by atoms with Crippen molar-refractivity contribution in [3.63, 3.8) is 0 Å². The second-order valence-electron chi connectivity index (χ2n) is 5.66. The van der Waals surface area contributed by atoms with Crippen LogP contribution >= 0.6 is 0 Å². The van der Waals surface area contributed by atoms with Crippen molar-refractivity contribution in [2.24, 2.45) is 0 Å². The average molecular weight is 308 g/mol. The van der Waals surface area contributed by atoms with E-state index in [-0.39, 0.29) is 0 Å². The lowest BCUT2D eigenvalue weighted by Crippen LogP contribution is -2.11. The van der Waals surface area contributed by atoms with Crippen LogP contribution in [-0.4, -0.2) is 36.2 Å². The largest absolute Gasteiger partial charge is 0.391 e. The number of pyridine rings is 1. The Morgan fingerprint density at radius 2 is 2.17 bits per heavy atom. The number of fused-ring (bicyclic) bond motifs is 3. The number of aromatic nitrogens is 5. The highest BCUT2D eigenvalue weighted by molar-refractivity contribution is 6.08. The van der Waals surface area contributed by atoms with Crippen molar-refractivity contribution < 1.29 is 5.11 Å². The number of aliphatic hydroxyl groups excluding tert-OH is 1. The van der Waals surface area contributed by atoms with E-state index in [9.17, 15) is 5.11 Å². The summed E-state index contributed by atoms with van der Waals surface area (Å²) >= 11 is 0. The smallest absolute Gasteiger partial charge is 0.152 e. The molecule has 0 bridgehead atoms. The number of nitrogens with two attached hydrogens (primary N) is 1. The van der Waals surface area contributed by atoms with Gasteiger partial charge in [0.25, 0.3) is 0 Å². The third kappa shape index (κ3) is 2.31. The number of hydrogen-bond donors (Lipinski definition) is 3. The van der Waals surface area contributed by atoms with E-state index in [0.717, 1.165) is 27.5 Å². The lowest BCUT2D eigenvalue weighted by Gasteiger charge is -2.03. The SMILES string of the molecule is CC(O)Cn1cc2c(n1)c(N)nc1cc(-c3ccn[nH]3)ccc12. The number of rotatable bonds is 3. The van der Waals surface area contributed by atoms with E-state index in [1.165, 1.54) is 0 Å². The highest BCUT2D eigenvalue weighted by Crippen LogP contribution is 2.29. The molecule has 116 valence electrons.